The second kappa shape index (κ2) is 4.30. The van der Waals surface area contributed by atoms with Crippen molar-refractivity contribution in [1.82, 2.24) is 0 Å². The van der Waals surface area contributed by atoms with E-state index in [4.69, 9.17) is 34.8 Å². The first-order chi connectivity index (χ1) is 6.32. The van der Waals surface area contributed by atoms with E-state index < -0.39 is 0 Å². The quantitative estimate of drug-likeness (QED) is 0.641. The minimum atomic E-state index is -0.281. The van der Waals surface area contributed by atoms with Crippen molar-refractivity contribution in [3.8, 4) is 0 Å². The third-order valence-corrected chi connectivity index (χ3v) is 3.54. The van der Waals surface area contributed by atoms with Crippen molar-refractivity contribution in [3.05, 3.63) is 33.8 Å². The molecule has 1 atom stereocenters. The van der Waals surface area contributed by atoms with Gasteiger partial charge in [-0.25, -0.2) is 0 Å². The fourth-order valence-electron chi connectivity index (χ4n) is 1.18. The van der Waals surface area contributed by atoms with E-state index in [1.54, 1.807) is 6.07 Å². The van der Waals surface area contributed by atoms with Gasteiger partial charge in [0, 0.05) is 4.87 Å². The van der Waals surface area contributed by atoms with Gasteiger partial charge in [-0.2, -0.15) is 0 Å². The predicted molar refractivity (Wildman–Crippen MR) is 64.8 cm³/mol. The Morgan fingerprint density at radius 3 is 2.14 bits per heavy atom. The number of halogens is 3. The van der Waals surface area contributed by atoms with Gasteiger partial charge in [0.15, 0.2) is 0 Å². The molecule has 1 rings (SSSR count). The summed E-state index contributed by atoms with van der Waals surface area (Å²) in [4.78, 5) is -0.281. The van der Waals surface area contributed by atoms with Gasteiger partial charge in [-0.3, -0.25) is 0 Å². The molecule has 0 saturated carbocycles. The summed E-state index contributed by atoms with van der Waals surface area (Å²) in [6.07, 6.45) is 0. The second-order valence-corrected chi connectivity index (χ2v) is 5.75. The van der Waals surface area contributed by atoms with Crippen LogP contribution in [-0.2, 0) is 0 Å². The van der Waals surface area contributed by atoms with Crippen molar-refractivity contribution in [3.63, 3.8) is 0 Å². The lowest BCUT2D eigenvalue weighted by Crippen LogP contribution is -2.19. The molecule has 0 N–H and O–H groups in total. The Labute approximate surface area is 100 Å². The highest BCUT2D eigenvalue weighted by molar-refractivity contribution is 6.42. The van der Waals surface area contributed by atoms with E-state index in [9.17, 15) is 0 Å². The van der Waals surface area contributed by atoms with Crippen LogP contribution in [0.15, 0.2) is 18.2 Å². The third kappa shape index (κ3) is 2.79. The number of alkyl halides is 1. The SMILES string of the molecule is C[C@H](c1ccc(Cl)c(Cl)c1)C(C)(C)Cl. The zero-order valence-electron chi connectivity index (χ0n) is 8.44. The van der Waals surface area contributed by atoms with Gasteiger partial charge in [0.2, 0.25) is 0 Å². The highest BCUT2D eigenvalue weighted by Crippen LogP contribution is 2.35. The van der Waals surface area contributed by atoms with Crippen LogP contribution >= 0.6 is 34.8 Å². The summed E-state index contributed by atoms with van der Waals surface area (Å²) in [5, 5.41) is 1.16. The fourth-order valence-corrected chi connectivity index (χ4v) is 1.61. The Balaban J connectivity index is 3.03. The molecule has 0 amide bonds. The molecule has 1 aromatic carbocycles. The molecular formula is C11H13Cl3. The van der Waals surface area contributed by atoms with Crippen LogP contribution < -0.4 is 0 Å². The normalized spacial score (nSPS) is 14.1. The summed E-state index contributed by atoms with van der Waals surface area (Å²) in [5.74, 6) is 0.235. The van der Waals surface area contributed by atoms with Crippen LogP contribution in [0.5, 0.6) is 0 Å². The molecule has 0 aliphatic carbocycles. The fraction of sp³-hybridized carbons (Fsp3) is 0.455. The third-order valence-electron chi connectivity index (χ3n) is 2.47. The highest BCUT2D eigenvalue weighted by Gasteiger charge is 2.24. The van der Waals surface area contributed by atoms with Crippen molar-refractivity contribution in [2.24, 2.45) is 0 Å². The Bertz CT molecular complexity index is 326. The molecule has 3 heteroatoms. The van der Waals surface area contributed by atoms with Crippen molar-refractivity contribution >= 4 is 34.8 Å². The molecule has 0 radical (unpaired) electrons. The molecule has 1 aromatic rings. The topological polar surface area (TPSA) is 0 Å². The Hall–Kier alpha value is 0.0900. The van der Waals surface area contributed by atoms with Gasteiger partial charge in [-0.1, -0.05) is 36.2 Å². The van der Waals surface area contributed by atoms with Crippen molar-refractivity contribution < 1.29 is 0 Å². The maximum absolute atomic E-state index is 6.23. The molecule has 0 bridgehead atoms. The molecule has 0 fully saturated rings. The molecule has 14 heavy (non-hydrogen) atoms. The zero-order valence-corrected chi connectivity index (χ0v) is 10.7. The van der Waals surface area contributed by atoms with Crippen molar-refractivity contribution in [2.45, 2.75) is 31.6 Å². The summed E-state index contributed by atoms with van der Waals surface area (Å²) in [6.45, 7) is 6.05. The minimum absolute atomic E-state index is 0.235. The summed E-state index contributed by atoms with van der Waals surface area (Å²) < 4.78 is 0. The summed E-state index contributed by atoms with van der Waals surface area (Å²) in [7, 11) is 0. The smallest absolute Gasteiger partial charge is 0.0595 e. The summed E-state index contributed by atoms with van der Waals surface area (Å²) in [5.41, 5.74) is 1.11. The molecule has 0 saturated heterocycles. The van der Waals surface area contributed by atoms with Gasteiger partial charge in [-0.15, -0.1) is 11.6 Å². The van der Waals surface area contributed by atoms with Crippen LogP contribution in [0.3, 0.4) is 0 Å². The van der Waals surface area contributed by atoms with Crippen LogP contribution in [-0.4, -0.2) is 4.87 Å². The molecule has 78 valence electrons. The lowest BCUT2D eigenvalue weighted by Gasteiger charge is -2.25. The van der Waals surface area contributed by atoms with Crippen LogP contribution in [0.2, 0.25) is 10.0 Å². The Morgan fingerprint density at radius 1 is 1.14 bits per heavy atom. The van der Waals surface area contributed by atoms with E-state index in [0.29, 0.717) is 10.0 Å². The maximum Gasteiger partial charge on any atom is 0.0595 e. The number of hydrogen-bond acceptors (Lipinski definition) is 0. The first-order valence-electron chi connectivity index (χ1n) is 4.46. The second-order valence-electron chi connectivity index (χ2n) is 3.96. The first kappa shape index (κ1) is 12.2. The van der Waals surface area contributed by atoms with E-state index in [2.05, 4.69) is 6.92 Å². The van der Waals surface area contributed by atoms with Crippen LogP contribution in [0.25, 0.3) is 0 Å². The van der Waals surface area contributed by atoms with Crippen LogP contribution in [0, 0.1) is 0 Å². The van der Waals surface area contributed by atoms with E-state index in [-0.39, 0.29) is 10.8 Å². The van der Waals surface area contributed by atoms with Crippen molar-refractivity contribution in [1.29, 1.82) is 0 Å². The number of benzene rings is 1. The van der Waals surface area contributed by atoms with Gasteiger partial charge >= 0.3 is 0 Å². The lowest BCUT2D eigenvalue weighted by atomic mass is 9.90. The monoisotopic (exact) mass is 250 g/mol. The average Bonchev–Trinajstić information content (AvgIpc) is 2.07. The van der Waals surface area contributed by atoms with E-state index in [1.165, 1.54) is 0 Å². The molecule has 0 heterocycles. The maximum atomic E-state index is 6.23. The Kier molecular flexibility index (Phi) is 3.74. The molecule has 0 nitrogen and oxygen atoms in total. The van der Waals surface area contributed by atoms with Gasteiger partial charge in [0.25, 0.3) is 0 Å². The average molecular weight is 252 g/mol. The van der Waals surface area contributed by atoms with E-state index in [1.807, 2.05) is 26.0 Å². The van der Waals surface area contributed by atoms with Crippen LogP contribution in [0.1, 0.15) is 32.3 Å². The largest absolute Gasteiger partial charge is 0.119 e. The number of hydrogen-bond donors (Lipinski definition) is 0. The predicted octanol–water partition coefficient (Wildman–Crippen LogP) is 5.11. The molecule has 0 spiro atoms. The minimum Gasteiger partial charge on any atom is -0.119 e. The molecular weight excluding hydrogens is 238 g/mol. The highest BCUT2D eigenvalue weighted by atomic mass is 35.5. The van der Waals surface area contributed by atoms with Gasteiger partial charge < -0.3 is 0 Å². The first-order valence-corrected chi connectivity index (χ1v) is 5.59. The van der Waals surface area contributed by atoms with E-state index >= 15 is 0 Å². The standard InChI is InChI=1S/C11H13Cl3/c1-7(11(2,3)14)8-4-5-9(12)10(13)6-8/h4-7H,1-3H3/t7-/m1/s1. The van der Waals surface area contributed by atoms with Gasteiger partial charge in [0.05, 0.1) is 10.0 Å². The number of rotatable bonds is 2. The molecule has 0 aliphatic rings. The summed E-state index contributed by atoms with van der Waals surface area (Å²) in [6, 6.07) is 5.64. The summed E-state index contributed by atoms with van der Waals surface area (Å²) >= 11 is 18.0. The molecule has 0 aromatic heterocycles. The molecule has 0 unspecified atom stereocenters. The van der Waals surface area contributed by atoms with Crippen LogP contribution in [0.4, 0.5) is 0 Å². The molecule has 0 aliphatic heterocycles. The Morgan fingerprint density at radius 2 is 1.71 bits per heavy atom. The van der Waals surface area contributed by atoms with E-state index in [0.717, 1.165) is 5.56 Å². The van der Waals surface area contributed by atoms with Crippen molar-refractivity contribution in [2.75, 3.05) is 0 Å². The van der Waals surface area contributed by atoms with Gasteiger partial charge in [-0.05, 0) is 37.5 Å². The zero-order chi connectivity index (χ0) is 10.9. The van der Waals surface area contributed by atoms with Gasteiger partial charge in [0.1, 0.15) is 0 Å². The lowest BCUT2D eigenvalue weighted by molar-refractivity contribution is 0.575.